The van der Waals surface area contributed by atoms with E-state index in [9.17, 15) is 9.90 Å². The maximum absolute atomic E-state index is 11.8. The fraction of sp³-hybridized carbons (Fsp3) is 0.176. The van der Waals surface area contributed by atoms with Crippen molar-refractivity contribution >= 4 is 28.9 Å². The number of aromatic hydroxyl groups is 1. The van der Waals surface area contributed by atoms with Crippen LogP contribution in [0, 0.1) is 13.8 Å². The zero-order chi connectivity index (χ0) is 16.8. The predicted octanol–water partition coefficient (Wildman–Crippen LogP) is 2.90. The molecule has 2 aromatic rings. The number of phenols is 1. The molecule has 0 radical (unpaired) electrons. The average Bonchev–Trinajstić information content (AvgIpc) is 2.49. The molecule has 0 unspecified atom stereocenters. The van der Waals surface area contributed by atoms with Crippen molar-refractivity contribution in [1.29, 1.82) is 0 Å². The van der Waals surface area contributed by atoms with Gasteiger partial charge in [0, 0.05) is 0 Å². The van der Waals surface area contributed by atoms with Gasteiger partial charge in [-0.15, -0.1) is 0 Å². The number of carbonyl (C=O) groups is 1. The molecule has 5 nitrogen and oxygen atoms in total. The lowest BCUT2D eigenvalue weighted by atomic mass is 10.2. The third-order valence-corrected chi connectivity index (χ3v) is 3.31. The van der Waals surface area contributed by atoms with Crippen molar-refractivity contribution in [3.63, 3.8) is 0 Å². The first kappa shape index (κ1) is 16.8. The molecule has 0 aromatic heterocycles. The summed E-state index contributed by atoms with van der Waals surface area (Å²) in [6.45, 7) is 3.62. The molecule has 0 fully saturated rings. The SMILES string of the molecule is Cc1ccc(NC(=S)NC(=O)COc2ccccc2C)c(O)c1. The largest absolute Gasteiger partial charge is 0.506 e. The number of thiocarbonyl (C=S) groups is 1. The fourth-order valence-corrected chi connectivity index (χ4v) is 2.15. The Morgan fingerprint density at radius 3 is 2.65 bits per heavy atom. The Balaban J connectivity index is 1.85. The van der Waals surface area contributed by atoms with Gasteiger partial charge in [-0.3, -0.25) is 10.1 Å². The van der Waals surface area contributed by atoms with E-state index in [2.05, 4.69) is 10.6 Å². The van der Waals surface area contributed by atoms with E-state index < -0.39 is 0 Å². The number of carbonyl (C=O) groups excluding carboxylic acids is 1. The van der Waals surface area contributed by atoms with Crippen LogP contribution >= 0.6 is 12.2 Å². The second kappa shape index (κ2) is 7.60. The minimum Gasteiger partial charge on any atom is -0.506 e. The number of amides is 1. The van der Waals surface area contributed by atoms with Crippen molar-refractivity contribution in [2.24, 2.45) is 0 Å². The Bertz CT molecular complexity index is 732. The smallest absolute Gasteiger partial charge is 0.264 e. The van der Waals surface area contributed by atoms with Gasteiger partial charge in [0.15, 0.2) is 11.7 Å². The number of ether oxygens (including phenoxy) is 1. The van der Waals surface area contributed by atoms with E-state index >= 15 is 0 Å². The quantitative estimate of drug-likeness (QED) is 0.594. The minimum absolute atomic E-state index is 0.0674. The van der Waals surface area contributed by atoms with Crippen molar-refractivity contribution in [1.82, 2.24) is 5.32 Å². The van der Waals surface area contributed by atoms with Crippen molar-refractivity contribution in [2.45, 2.75) is 13.8 Å². The molecular formula is C17H18N2O3S. The van der Waals surface area contributed by atoms with Gasteiger partial charge in [-0.2, -0.15) is 0 Å². The Labute approximate surface area is 140 Å². The maximum Gasteiger partial charge on any atom is 0.264 e. The molecule has 2 rings (SSSR count). The summed E-state index contributed by atoms with van der Waals surface area (Å²) in [6, 6.07) is 12.6. The van der Waals surface area contributed by atoms with Crippen LogP contribution < -0.4 is 15.4 Å². The first-order chi connectivity index (χ1) is 11.0. The maximum atomic E-state index is 11.8. The molecule has 0 aliphatic heterocycles. The molecule has 1 amide bonds. The van der Waals surface area contributed by atoms with Gasteiger partial charge in [0.05, 0.1) is 5.69 Å². The van der Waals surface area contributed by atoms with Crippen molar-refractivity contribution in [3.8, 4) is 11.5 Å². The monoisotopic (exact) mass is 330 g/mol. The molecule has 2 aromatic carbocycles. The lowest BCUT2D eigenvalue weighted by molar-refractivity contribution is -0.121. The zero-order valence-corrected chi connectivity index (χ0v) is 13.7. The first-order valence-corrected chi connectivity index (χ1v) is 7.45. The van der Waals surface area contributed by atoms with Crippen molar-refractivity contribution < 1.29 is 14.6 Å². The summed E-state index contributed by atoms with van der Waals surface area (Å²) in [5.41, 5.74) is 2.31. The highest BCUT2D eigenvalue weighted by molar-refractivity contribution is 7.80. The summed E-state index contributed by atoms with van der Waals surface area (Å²) >= 11 is 5.05. The average molecular weight is 330 g/mol. The van der Waals surface area contributed by atoms with Gasteiger partial charge in [-0.05, 0) is 55.4 Å². The van der Waals surface area contributed by atoms with Gasteiger partial charge in [0.25, 0.3) is 5.91 Å². The highest BCUT2D eigenvalue weighted by Crippen LogP contribution is 2.23. The van der Waals surface area contributed by atoms with E-state index in [1.54, 1.807) is 18.2 Å². The Hall–Kier alpha value is -2.60. The minimum atomic E-state index is -0.377. The van der Waals surface area contributed by atoms with Gasteiger partial charge in [0.1, 0.15) is 11.5 Å². The van der Waals surface area contributed by atoms with E-state index in [1.807, 2.05) is 38.1 Å². The summed E-state index contributed by atoms with van der Waals surface area (Å²) in [7, 11) is 0. The molecule has 0 saturated carbocycles. The number of hydrogen-bond acceptors (Lipinski definition) is 4. The molecule has 0 spiro atoms. The first-order valence-electron chi connectivity index (χ1n) is 7.04. The van der Waals surface area contributed by atoms with Crippen LogP contribution in [0.5, 0.6) is 11.5 Å². The van der Waals surface area contributed by atoms with Gasteiger partial charge < -0.3 is 15.2 Å². The van der Waals surface area contributed by atoms with Crippen LogP contribution in [-0.4, -0.2) is 22.7 Å². The molecule has 6 heteroatoms. The summed E-state index contributed by atoms with van der Waals surface area (Å²) in [5.74, 6) is 0.341. The standard InChI is InChI=1S/C17H18N2O3S/c1-11-7-8-13(14(20)9-11)18-17(23)19-16(21)10-22-15-6-4-3-5-12(15)2/h3-9,20H,10H2,1-2H3,(H2,18,19,21,23). The van der Waals surface area contributed by atoms with Crippen LogP contribution in [0.3, 0.4) is 0 Å². The van der Waals surface area contributed by atoms with E-state index in [1.165, 1.54) is 0 Å². The second-order valence-corrected chi connectivity index (χ2v) is 5.49. The van der Waals surface area contributed by atoms with Crippen LogP contribution in [-0.2, 0) is 4.79 Å². The summed E-state index contributed by atoms with van der Waals surface area (Å²) in [5, 5.41) is 15.2. The zero-order valence-electron chi connectivity index (χ0n) is 12.9. The predicted molar refractivity (Wildman–Crippen MR) is 93.9 cm³/mol. The molecule has 0 bridgehead atoms. The number of hydrogen-bond donors (Lipinski definition) is 3. The van der Waals surface area contributed by atoms with E-state index in [4.69, 9.17) is 17.0 Å². The van der Waals surface area contributed by atoms with Gasteiger partial charge in [-0.1, -0.05) is 24.3 Å². The Morgan fingerprint density at radius 2 is 1.96 bits per heavy atom. The molecule has 0 saturated heterocycles. The summed E-state index contributed by atoms with van der Waals surface area (Å²) in [6.07, 6.45) is 0. The summed E-state index contributed by atoms with van der Waals surface area (Å²) < 4.78 is 5.44. The van der Waals surface area contributed by atoms with Gasteiger partial charge in [0.2, 0.25) is 0 Å². The van der Waals surface area contributed by atoms with E-state index in [0.29, 0.717) is 11.4 Å². The normalized spacial score (nSPS) is 10.0. The topological polar surface area (TPSA) is 70.6 Å². The number of aryl methyl sites for hydroxylation is 2. The van der Waals surface area contributed by atoms with Crippen LogP contribution in [0.4, 0.5) is 5.69 Å². The highest BCUT2D eigenvalue weighted by Gasteiger charge is 2.09. The van der Waals surface area contributed by atoms with Gasteiger partial charge >= 0.3 is 0 Å². The highest BCUT2D eigenvalue weighted by atomic mass is 32.1. The number of nitrogens with one attached hydrogen (secondary N) is 2. The Morgan fingerprint density at radius 1 is 1.22 bits per heavy atom. The van der Waals surface area contributed by atoms with Gasteiger partial charge in [-0.25, -0.2) is 0 Å². The molecule has 3 N–H and O–H groups in total. The van der Waals surface area contributed by atoms with E-state index in [0.717, 1.165) is 11.1 Å². The van der Waals surface area contributed by atoms with Crippen LogP contribution in [0.2, 0.25) is 0 Å². The van der Waals surface area contributed by atoms with Crippen LogP contribution in [0.15, 0.2) is 42.5 Å². The third kappa shape index (κ3) is 4.96. The molecule has 0 heterocycles. The summed E-state index contributed by atoms with van der Waals surface area (Å²) in [4.78, 5) is 11.8. The Kier molecular flexibility index (Phi) is 5.54. The van der Waals surface area contributed by atoms with Crippen LogP contribution in [0.25, 0.3) is 0 Å². The van der Waals surface area contributed by atoms with Crippen molar-refractivity contribution in [2.75, 3.05) is 11.9 Å². The number of rotatable bonds is 4. The van der Waals surface area contributed by atoms with E-state index in [-0.39, 0.29) is 23.4 Å². The molecule has 0 aliphatic rings. The molecule has 0 aliphatic carbocycles. The molecule has 120 valence electrons. The molecular weight excluding hydrogens is 312 g/mol. The van der Waals surface area contributed by atoms with Crippen LogP contribution in [0.1, 0.15) is 11.1 Å². The molecule has 23 heavy (non-hydrogen) atoms. The molecule has 0 atom stereocenters. The number of benzene rings is 2. The third-order valence-electron chi connectivity index (χ3n) is 3.11. The fourth-order valence-electron chi connectivity index (χ4n) is 1.93. The lowest BCUT2D eigenvalue weighted by Crippen LogP contribution is -2.37. The second-order valence-electron chi connectivity index (χ2n) is 5.08. The lowest BCUT2D eigenvalue weighted by Gasteiger charge is -2.12. The van der Waals surface area contributed by atoms with Crippen molar-refractivity contribution in [3.05, 3.63) is 53.6 Å². The number of para-hydroxylation sites is 1. The number of anilines is 1. The number of phenolic OH excluding ortho intramolecular Hbond substituents is 1.